The van der Waals surface area contributed by atoms with Gasteiger partial charge in [-0.3, -0.25) is 4.79 Å². The van der Waals surface area contributed by atoms with Gasteiger partial charge in [-0.1, -0.05) is 18.2 Å². The van der Waals surface area contributed by atoms with E-state index in [9.17, 15) is 9.59 Å². The number of rotatable bonds is 4. The van der Waals surface area contributed by atoms with Crippen LogP contribution in [-0.2, 0) is 9.53 Å². The Morgan fingerprint density at radius 2 is 2.08 bits per heavy atom. The smallest absolute Gasteiger partial charge is 0.340 e. The van der Waals surface area contributed by atoms with E-state index in [0.717, 1.165) is 10.4 Å². The second-order valence-corrected chi connectivity index (χ2v) is 6.31. The molecule has 1 aliphatic rings. The van der Waals surface area contributed by atoms with Gasteiger partial charge in [-0.05, 0) is 31.4 Å². The topological polar surface area (TPSA) is 78.6 Å². The van der Waals surface area contributed by atoms with Crippen LogP contribution in [0.4, 0.5) is 0 Å². The number of benzene rings is 1. The van der Waals surface area contributed by atoms with Gasteiger partial charge in [-0.2, -0.15) is 0 Å². The number of nitrogens with two attached hydrogens (primary N) is 1. The van der Waals surface area contributed by atoms with E-state index >= 15 is 0 Å². The zero-order chi connectivity index (χ0) is 17.3. The third-order valence-corrected chi connectivity index (χ3v) is 4.76. The van der Waals surface area contributed by atoms with E-state index in [4.69, 9.17) is 15.2 Å². The molecule has 3 rings (SSSR count). The molecule has 0 amide bonds. The molecule has 0 radical (unpaired) electrons. The number of hydrogen-bond donors (Lipinski definition) is 1. The highest BCUT2D eigenvalue weighted by molar-refractivity contribution is 7.10. The fourth-order valence-corrected chi connectivity index (χ4v) is 3.67. The van der Waals surface area contributed by atoms with Crippen LogP contribution in [0.15, 0.2) is 47.2 Å². The predicted molar refractivity (Wildman–Crippen MR) is 91.1 cm³/mol. The summed E-state index contributed by atoms with van der Waals surface area (Å²) in [6, 6.07) is 9.15. The quantitative estimate of drug-likeness (QED) is 0.681. The van der Waals surface area contributed by atoms with Gasteiger partial charge in [-0.15, -0.1) is 11.3 Å². The molecule has 1 aliphatic heterocycles. The number of Topliss-reactive ketones (excluding diaryl/α,β-unsaturated/α-hetero) is 1. The Hall–Kier alpha value is -2.60. The summed E-state index contributed by atoms with van der Waals surface area (Å²) in [7, 11) is 0. The van der Waals surface area contributed by atoms with Gasteiger partial charge in [0.2, 0.25) is 5.88 Å². The molecule has 24 heavy (non-hydrogen) atoms. The van der Waals surface area contributed by atoms with Gasteiger partial charge in [0.05, 0.1) is 18.1 Å². The van der Waals surface area contributed by atoms with Crippen molar-refractivity contribution in [1.82, 2.24) is 0 Å². The summed E-state index contributed by atoms with van der Waals surface area (Å²) in [5.41, 5.74) is 7.49. The molecular formula is C18H17NO4S. The van der Waals surface area contributed by atoms with Crippen molar-refractivity contribution in [2.75, 3.05) is 6.61 Å². The minimum atomic E-state index is -0.507. The van der Waals surface area contributed by atoms with Crippen molar-refractivity contribution in [1.29, 1.82) is 0 Å². The summed E-state index contributed by atoms with van der Waals surface area (Å²) in [6.07, 6.45) is 0. The second-order valence-electron chi connectivity index (χ2n) is 5.33. The minimum absolute atomic E-state index is 0.0203. The maximum atomic E-state index is 12.4. The lowest BCUT2D eigenvalue weighted by molar-refractivity contribution is -0.139. The first-order chi connectivity index (χ1) is 11.5. The Kier molecular flexibility index (Phi) is 4.40. The van der Waals surface area contributed by atoms with E-state index in [1.165, 1.54) is 18.3 Å². The van der Waals surface area contributed by atoms with Crippen molar-refractivity contribution in [3.63, 3.8) is 0 Å². The fraction of sp³-hybridized carbons (Fsp3) is 0.222. The average molecular weight is 343 g/mol. The van der Waals surface area contributed by atoms with Crippen molar-refractivity contribution < 1.29 is 19.1 Å². The summed E-state index contributed by atoms with van der Waals surface area (Å²) >= 11 is 1.51. The minimum Gasteiger partial charge on any atom is -0.462 e. The van der Waals surface area contributed by atoms with Crippen LogP contribution in [0.3, 0.4) is 0 Å². The zero-order valence-corrected chi connectivity index (χ0v) is 14.2. The van der Waals surface area contributed by atoms with Gasteiger partial charge in [0.15, 0.2) is 5.78 Å². The third-order valence-electron chi connectivity index (χ3n) is 3.82. The van der Waals surface area contributed by atoms with Crippen molar-refractivity contribution in [3.8, 4) is 5.75 Å². The standard InChI is InChI=1S/C18H17NO4S/c1-3-22-18(21)15-14(13-8-5-9-24-13)12-7-4-6-11(10(2)20)16(12)23-17(15)19/h4-9,14H,3,19H2,1-2H3. The Balaban J connectivity index is 2.22. The molecule has 2 aromatic rings. The Bertz CT molecular complexity index is 824. The van der Waals surface area contributed by atoms with Crippen LogP contribution < -0.4 is 10.5 Å². The molecule has 0 saturated carbocycles. The van der Waals surface area contributed by atoms with Gasteiger partial charge in [0.1, 0.15) is 11.3 Å². The lowest BCUT2D eigenvalue weighted by atomic mass is 9.85. The molecule has 6 heteroatoms. The van der Waals surface area contributed by atoms with Crippen molar-refractivity contribution >= 4 is 23.1 Å². The molecule has 0 fully saturated rings. The molecule has 5 nitrogen and oxygen atoms in total. The van der Waals surface area contributed by atoms with E-state index in [1.807, 2.05) is 23.6 Å². The van der Waals surface area contributed by atoms with Crippen LogP contribution in [0.25, 0.3) is 0 Å². The number of esters is 1. The van der Waals surface area contributed by atoms with Crippen LogP contribution in [-0.4, -0.2) is 18.4 Å². The highest BCUT2D eigenvalue weighted by Gasteiger charge is 2.37. The SMILES string of the molecule is CCOC(=O)C1=C(N)Oc2c(C(C)=O)cccc2C1c1cccs1. The molecule has 1 aromatic carbocycles. The number of fused-ring (bicyclic) bond motifs is 1. The maximum Gasteiger partial charge on any atom is 0.340 e. The Morgan fingerprint density at radius 1 is 1.29 bits per heavy atom. The van der Waals surface area contributed by atoms with Gasteiger partial charge < -0.3 is 15.2 Å². The van der Waals surface area contributed by atoms with Gasteiger partial charge in [-0.25, -0.2) is 4.79 Å². The number of ether oxygens (including phenoxy) is 2. The molecule has 1 aromatic heterocycles. The molecular weight excluding hydrogens is 326 g/mol. The van der Waals surface area contributed by atoms with Crippen LogP contribution in [0.5, 0.6) is 5.75 Å². The maximum absolute atomic E-state index is 12.4. The summed E-state index contributed by atoms with van der Waals surface area (Å²) in [5, 5.41) is 1.93. The third kappa shape index (κ3) is 2.69. The molecule has 2 N–H and O–H groups in total. The number of ketones is 1. The predicted octanol–water partition coefficient (Wildman–Crippen LogP) is 3.21. The normalized spacial score (nSPS) is 16.3. The first kappa shape index (κ1) is 16.3. The summed E-state index contributed by atoms with van der Waals surface area (Å²) < 4.78 is 10.8. The fourth-order valence-electron chi connectivity index (χ4n) is 2.81. The van der Waals surface area contributed by atoms with Crippen molar-refractivity contribution in [3.05, 3.63) is 63.2 Å². The summed E-state index contributed by atoms with van der Waals surface area (Å²) in [6.45, 7) is 3.45. The van der Waals surface area contributed by atoms with E-state index in [-0.39, 0.29) is 23.8 Å². The number of carbonyl (C=O) groups excluding carboxylic acids is 2. The number of thiophene rings is 1. The zero-order valence-electron chi connectivity index (χ0n) is 13.4. The van der Waals surface area contributed by atoms with Crippen LogP contribution in [0, 0.1) is 0 Å². The average Bonchev–Trinajstić information content (AvgIpc) is 3.07. The van der Waals surface area contributed by atoms with E-state index in [0.29, 0.717) is 11.3 Å². The lowest BCUT2D eigenvalue weighted by Crippen LogP contribution is -2.27. The molecule has 0 saturated heterocycles. The Morgan fingerprint density at radius 3 is 2.71 bits per heavy atom. The van der Waals surface area contributed by atoms with E-state index in [2.05, 4.69) is 0 Å². The highest BCUT2D eigenvalue weighted by Crippen LogP contribution is 2.45. The van der Waals surface area contributed by atoms with Crippen LogP contribution in [0.2, 0.25) is 0 Å². The van der Waals surface area contributed by atoms with Crippen LogP contribution >= 0.6 is 11.3 Å². The monoisotopic (exact) mass is 343 g/mol. The number of carbonyl (C=O) groups is 2. The number of para-hydroxylation sites is 1. The van der Waals surface area contributed by atoms with Gasteiger partial charge >= 0.3 is 5.97 Å². The summed E-state index contributed by atoms with van der Waals surface area (Å²) in [5.74, 6) is -0.648. The molecule has 2 heterocycles. The molecule has 1 atom stereocenters. The first-order valence-corrected chi connectivity index (χ1v) is 8.44. The highest BCUT2D eigenvalue weighted by atomic mass is 32.1. The molecule has 1 unspecified atom stereocenters. The molecule has 124 valence electrons. The number of hydrogen-bond acceptors (Lipinski definition) is 6. The first-order valence-electron chi connectivity index (χ1n) is 7.56. The van der Waals surface area contributed by atoms with Gasteiger partial charge in [0.25, 0.3) is 0 Å². The largest absolute Gasteiger partial charge is 0.462 e. The molecule has 0 bridgehead atoms. The lowest BCUT2D eigenvalue weighted by Gasteiger charge is -2.28. The summed E-state index contributed by atoms with van der Waals surface area (Å²) in [4.78, 5) is 25.3. The van der Waals surface area contributed by atoms with Crippen molar-refractivity contribution in [2.45, 2.75) is 19.8 Å². The van der Waals surface area contributed by atoms with E-state index < -0.39 is 11.9 Å². The Labute approximate surface area is 143 Å². The van der Waals surface area contributed by atoms with Crippen LogP contribution in [0.1, 0.15) is 40.6 Å². The van der Waals surface area contributed by atoms with Gasteiger partial charge in [0, 0.05) is 10.4 Å². The second kappa shape index (κ2) is 6.49. The van der Waals surface area contributed by atoms with Crippen molar-refractivity contribution in [2.24, 2.45) is 5.73 Å². The molecule has 0 aliphatic carbocycles. The van der Waals surface area contributed by atoms with E-state index in [1.54, 1.807) is 19.1 Å². The molecule has 0 spiro atoms.